The van der Waals surface area contributed by atoms with Crippen LogP contribution in [0, 0.1) is 0 Å². The van der Waals surface area contributed by atoms with E-state index in [4.69, 9.17) is 4.74 Å². The minimum Gasteiger partial charge on any atom is -0.379 e. The summed E-state index contributed by atoms with van der Waals surface area (Å²) in [5, 5.41) is 2.13. The maximum atomic E-state index is 5.42. The van der Waals surface area contributed by atoms with E-state index in [0.29, 0.717) is 0 Å². The van der Waals surface area contributed by atoms with Gasteiger partial charge < -0.3 is 4.74 Å². The van der Waals surface area contributed by atoms with Gasteiger partial charge >= 0.3 is 0 Å². The van der Waals surface area contributed by atoms with E-state index in [2.05, 4.69) is 42.0 Å². The lowest BCUT2D eigenvalue weighted by atomic mass is 10.4. The number of nitrogens with zero attached hydrogens (tertiary/aromatic N) is 1. The van der Waals surface area contributed by atoms with Gasteiger partial charge in [0, 0.05) is 23.7 Å². The number of thiophene rings is 1. The van der Waals surface area contributed by atoms with Crippen molar-refractivity contribution in [1.82, 2.24) is 4.90 Å². The smallest absolute Gasteiger partial charge is 0.0593 e. The minimum atomic E-state index is 0.750. The fourth-order valence-electron chi connectivity index (χ4n) is 1.33. The number of hydrogen-bond donors (Lipinski definition) is 1. The highest BCUT2D eigenvalue weighted by atomic mass is 32.1. The summed E-state index contributed by atoms with van der Waals surface area (Å²) in [7, 11) is 0. The van der Waals surface area contributed by atoms with E-state index in [9.17, 15) is 0 Å². The van der Waals surface area contributed by atoms with Crippen LogP contribution in [-0.2, 0) is 11.3 Å². The third-order valence-corrected chi connectivity index (χ3v) is 3.24. The van der Waals surface area contributed by atoms with E-state index in [1.54, 1.807) is 0 Å². The summed E-state index contributed by atoms with van der Waals surface area (Å²) in [5.41, 5.74) is 0. The highest BCUT2D eigenvalue weighted by Crippen LogP contribution is 2.11. The van der Waals surface area contributed by atoms with Crippen LogP contribution >= 0.6 is 24.0 Å². The van der Waals surface area contributed by atoms with Crippen molar-refractivity contribution in [2.75, 3.05) is 32.1 Å². The SMILES string of the molecule is CCN(CCOCCS)Cc1cccs1. The van der Waals surface area contributed by atoms with Crippen LogP contribution in [0.3, 0.4) is 0 Å². The standard InChI is InChI=1S/C11H19NOS2/c1-2-12(5-6-13-7-8-14)10-11-4-3-9-15-11/h3-4,9,14H,2,5-8,10H2,1H3. The molecule has 15 heavy (non-hydrogen) atoms. The molecular formula is C11H19NOS2. The third-order valence-electron chi connectivity index (χ3n) is 2.19. The van der Waals surface area contributed by atoms with Gasteiger partial charge in [0.05, 0.1) is 13.2 Å². The first-order valence-electron chi connectivity index (χ1n) is 5.30. The highest BCUT2D eigenvalue weighted by molar-refractivity contribution is 7.80. The summed E-state index contributed by atoms with van der Waals surface area (Å²) in [6.45, 7) is 6.86. The Bertz CT molecular complexity index is 239. The largest absolute Gasteiger partial charge is 0.379 e. The maximum Gasteiger partial charge on any atom is 0.0593 e. The Kier molecular flexibility index (Phi) is 7.09. The van der Waals surface area contributed by atoms with E-state index in [1.165, 1.54) is 4.88 Å². The zero-order valence-corrected chi connectivity index (χ0v) is 10.9. The van der Waals surface area contributed by atoms with Crippen molar-refractivity contribution in [3.63, 3.8) is 0 Å². The molecule has 0 aromatic carbocycles. The van der Waals surface area contributed by atoms with E-state index in [0.717, 1.165) is 38.6 Å². The Balaban J connectivity index is 2.18. The summed E-state index contributed by atoms with van der Waals surface area (Å²) in [6.07, 6.45) is 0. The van der Waals surface area contributed by atoms with Gasteiger partial charge in [-0.15, -0.1) is 11.3 Å². The van der Waals surface area contributed by atoms with Gasteiger partial charge in [-0.3, -0.25) is 4.90 Å². The molecule has 0 unspecified atom stereocenters. The molecule has 0 aliphatic heterocycles. The Morgan fingerprint density at radius 2 is 2.33 bits per heavy atom. The van der Waals surface area contributed by atoms with E-state index >= 15 is 0 Å². The number of thiol groups is 1. The topological polar surface area (TPSA) is 12.5 Å². The summed E-state index contributed by atoms with van der Waals surface area (Å²) in [5.74, 6) is 0.803. The average molecular weight is 245 g/mol. The summed E-state index contributed by atoms with van der Waals surface area (Å²) in [4.78, 5) is 3.82. The van der Waals surface area contributed by atoms with Crippen molar-refractivity contribution in [3.05, 3.63) is 22.4 Å². The molecule has 0 atom stereocenters. The van der Waals surface area contributed by atoms with Crippen LogP contribution in [-0.4, -0.2) is 37.0 Å². The molecule has 0 bridgehead atoms. The number of rotatable bonds is 8. The summed E-state index contributed by atoms with van der Waals surface area (Å²) in [6, 6.07) is 4.28. The monoisotopic (exact) mass is 245 g/mol. The molecule has 0 amide bonds. The molecule has 0 spiro atoms. The van der Waals surface area contributed by atoms with Crippen molar-refractivity contribution in [3.8, 4) is 0 Å². The molecule has 0 N–H and O–H groups in total. The Morgan fingerprint density at radius 3 is 2.93 bits per heavy atom. The van der Waals surface area contributed by atoms with Crippen molar-refractivity contribution in [1.29, 1.82) is 0 Å². The van der Waals surface area contributed by atoms with Crippen molar-refractivity contribution in [2.24, 2.45) is 0 Å². The van der Waals surface area contributed by atoms with E-state index in [-0.39, 0.29) is 0 Å². The predicted molar refractivity (Wildman–Crippen MR) is 69.9 cm³/mol. The Labute approximate surface area is 102 Å². The second-order valence-electron chi connectivity index (χ2n) is 3.28. The van der Waals surface area contributed by atoms with Gasteiger partial charge in [0.25, 0.3) is 0 Å². The van der Waals surface area contributed by atoms with Gasteiger partial charge in [0.15, 0.2) is 0 Å². The molecule has 0 fully saturated rings. The molecule has 1 rings (SSSR count). The second kappa shape index (κ2) is 8.16. The van der Waals surface area contributed by atoms with Gasteiger partial charge in [-0.2, -0.15) is 12.6 Å². The molecule has 4 heteroatoms. The lowest BCUT2D eigenvalue weighted by Crippen LogP contribution is -2.26. The average Bonchev–Trinajstić information content (AvgIpc) is 2.75. The van der Waals surface area contributed by atoms with Crippen LogP contribution in [0.15, 0.2) is 17.5 Å². The maximum absolute atomic E-state index is 5.42. The second-order valence-corrected chi connectivity index (χ2v) is 4.76. The predicted octanol–water partition coefficient (Wildman–Crippen LogP) is 2.52. The van der Waals surface area contributed by atoms with Gasteiger partial charge in [0.1, 0.15) is 0 Å². The molecule has 0 saturated heterocycles. The Morgan fingerprint density at radius 1 is 1.47 bits per heavy atom. The molecule has 1 aromatic rings. The number of ether oxygens (including phenoxy) is 1. The fourth-order valence-corrected chi connectivity index (χ4v) is 2.21. The lowest BCUT2D eigenvalue weighted by molar-refractivity contribution is 0.115. The zero-order valence-electron chi connectivity index (χ0n) is 9.19. The van der Waals surface area contributed by atoms with Crippen LogP contribution in [0.1, 0.15) is 11.8 Å². The molecular weight excluding hydrogens is 226 g/mol. The molecule has 1 heterocycles. The van der Waals surface area contributed by atoms with Gasteiger partial charge in [0.2, 0.25) is 0 Å². The van der Waals surface area contributed by atoms with E-state index < -0.39 is 0 Å². The third kappa shape index (κ3) is 5.56. The van der Waals surface area contributed by atoms with E-state index in [1.807, 2.05) is 11.3 Å². The van der Waals surface area contributed by atoms with Crippen LogP contribution in [0.2, 0.25) is 0 Å². The van der Waals surface area contributed by atoms with Crippen molar-refractivity contribution >= 4 is 24.0 Å². The van der Waals surface area contributed by atoms with Gasteiger partial charge in [-0.1, -0.05) is 13.0 Å². The molecule has 0 saturated carbocycles. The van der Waals surface area contributed by atoms with Gasteiger partial charge in [-0.05, 0) is 18.0 Å². The molecule has 86 valence electrons. The summed E-state index contributed by atoms with van der Waals surface area (Å²) < 4.78 is 5.42. The molecule has 1 aromatic heterocycles. The van der Waals surface area contributed by atoms with Crippen LogP contribution in [0.5, 0.6) is 0 Å². The first kappa shape index (κ1) is 13.0. The normalized spacial score (nSPS) is 11.1. The minimum absolute atomic E-state index is 0.750. The number of hydrogen-bond acceptors (Lipinski definition) is 4. The first-order valence-corrected chi connectivity index (χ1v) is 6.81. The Hall–Kier alpha value is -0.0300. The van der Waals surface area contributed by atoms with Gasteiger partial charge in [-0.25, -0.2) is 0 Å². The van der Waals surface area contributed by atoms with Crippen LogP contribution in [0.25, 0.3) is 0 Å². The van der Waals surface area contributed by atoms with Crippen LogP contribution < -0.4 is 0 Å². The van der Waals surface area contributed by atoms with Crippen molar-refractivity contribution in [2.45, 2.75) is 13.5 Å². The highest BCUT2D eigenvalue weighted by Gasteiger charge is 2.03. The summed E-state index contributed by atoms with van der Waals surface area (Å²) >= 11 is 5.92. The van der Waals surface area contributed by atoms with Crippen LogP contribution in [0.4, 0.5) is 0 Å². The quantitative estimate of drug-likeness (QED) is 0.558. The molecule has 0 radical (unpaired) electrons. The first-order chi connectivity index (χ1) is 7.36. The molecule has 0 aliphatic carbocycles. The number of likely N-dealkylation sites (N-methyl/N-ethyl adjacent to an activating group) is 1. The molecule has 2 nitrogen and oxygen atoms in total. The lowest BCUT2D eigenvalue weighted by Gasteiger charge is -2.19. The fraction of sp³-hybridized carbons (Fsp3) is 0.636. The zero-order chi connectivity index (χ0) is 10.9. The van der Waals surface area contributed by atoms with Crippen molar-refractivity contribution < 1.29 is 4.74 Å². The molecule has 0 aliphatic rings.